The molecule has 204 valence electrons. The van der Waals surface area contributed by atoms with Gasteiger partial charge in [0.15, 0.2) is 9.60 Å². The van der Waals surface area contributed by atoms with Crippen molar-refractivity contribution in [3.63, 3.8) is 0 Å². The fourth-order valence-corrected chi connectivity index (χ4v) is 6.95. The number of rotatable bonds is 8. The normalized spacial score (nSPS) is 12.2. The summed E-state index contributed by atoms with van der Waals surface area (Å²) in [5.74, 6) is 0. The maximum atomic E-state index is 4.96. The van der Waals surface area contributed by atoms with Gasteiger partial charge in [-0.15, -0.1) is 22.7 Å². The first-order valence-electron chi connectivity index (χ1n) is 14.0. The third-order valence-electron chi connectivity index (χ3n) is 7.10. The van der Waals surface area contributed by atoms with Crippen molar-refractivity contribution in [2.75, 3.05) is 0 Å². The monoisotopic (exact) mass is 572 g/mol. The van der Waals surface area contributed by atoms with E-state index in [9.17, 15) is 0 Å². The van der Waals surface area contributed by atoms with Crippen LogP contribution in [0.1, 0.15) is 25.0 Å². The summed E-state index contributed by atoms with van der Waals surface area (Å²) in [6.45, 7) is 6.10. The van der Waals surface area contributed by atoms with Gasteiger partial charge < -0.3 is 9.13 Å². The SMILES string of the molecule is CCn1c(-c2ccccc2)csc1=Nc1ccc(Cc2ccc(N=c3scc(-c4ccccc4)n3CC)cc2)cc1. The van der Waals surface area contributed by atoms with Crippen LogP contribution in [0.25, 0.3) is 22.5 Å². The zero-order chi connectivity index (χ0) is 28.0. The highest BCUT2D eigenvalue weighted by Gasteiger charge is 2.08. The van der Waals surface area contributed by atoms with Gasteiger partial charge in [0.2, 0.25) is 0 Å². The molecular weight excluding hydrogens is 541 g/mol. The summed E-state index contributed by atoms with van der Waals surface area (Å²) in [4.78, 5) is 12.0. The number of nitrogens with zero attached hydrogens (tertiary/aromatic N) is 4. The molecule has 0 aliphatic rings. The number of hydrogen-bond donors (Lipinski definition) is 0. The second-order valence-corrected chi connectivity index (χ2v) is 11.4. The standard InChI is InChI=1S/C35H32N4S2/c1-3-38-32(28-11-7-5-8-12-28)24-40-34(38)36-30-19-15-26(16-20-30)23-27-17-21-31(22-18-27)37-35-39(4-2)33(25-41-35)29-13-9-6-10-14-29/h5-22,24-25H,3-4,23H2,1-2H3. The molecule has 0 N–H and O–H groups in total. The van der Waals surface area contributed by atoms with Gasteiger partial charge in [-0.1, -0.05) is 84.9 Å². The van der Waals surface area contributed by atoms with Crippen molar-refractivity contribution in [1.82, 2.24) is 9.13 Å². The lowest BCUT2D eigenvalue weighted by Crippen LogP contribution is -2.14. The Morgan fingerprint density at radius 2 is 0.902 bits per heavy atom. The van der Waals surface area contributed by atoms with Gasteiger partial charge in [0.05, 0.1) is 22.8 Å². The molecule has 0 atom stereocenters. The molecule has 2 aromatic heterocycles. The van der Waals surface area contributed by atoms with Gasteiger partial charge in [0.25, 0.3) is 0 Å². The van der Waals surface area contributed by atoms with Crippen LogP contribution in [0, 0.1) is 0 Å². The van der Waals surface area contributed by atoms with E-state index in [1.54, 1.807) is 22.7 Å². The van der Waals surface area contributed by atoms with Crippen molar-refractivity contribution in [3.8, 4) is 22.5 Å². The van der Waals surface area contributed by atoms with Gasteiger partial charge in [-0.2, -0.15) is 0 Å². The molecule has 4 aromatic carbocycles. The van der Waals surface area contributed by atoms with E-state index in [0.29, 0.717) is 0 Å². The fourth-order valence-electron chi connectivity index (χ4n) is 4.96. The molecule has 0 unspecified atom stereocenters. The van der Waals surface area contributed by atoms with Crippen LogP contribution in [-0.2, 0) is 19.5 Å². The Morgan fingerprint density at radius 1 is 0.512 bits per heavy atom. The second kappa shape index (κ2) is 12.5. The van der Waals surface area contributed by atoms with Crippen LogP contribution in [0.4, 0.5) is 11.4 Å². The van der Waals surface area contributed by atoms with Gasteiger partial charge in [-0.05, 0) is 66.8 Å². The van der Waals surface area contributed by atoms with E-state index in [1.807, 2.05) is 0 Å². The van der Waals surface area contributed by atoms with Crippen molar-refractivity contribution < 1.29 is 0 Å². The maximum absolute atomic E-state index is 4.96. The Labute approximate surface area is 248 Å². The number of benzene rings is 4. The zero-order valence-corrected chi connectivity index (χ0v) is 24.9. The molecule has 0 radical (unpaired) electrons. The molecule has 6 aromatic rings. The smallest absolute Gasteiger partial charge is 0.190 e. The van der Waals surface area contributed by atoms with Crippen molar-refractivity contribution in [2.45, 2.75) is 33.4 Å². The summed E-state index contributed by atoms with van der Waals surface area (Å²) in [6, 6.07) is 38.2. The first-order chi connectivity index (χ1) is 20.2. The zero-order valence-electron chi connectivity index (χ0n) is 23.3. The number of aromatic nitrogens is 2. The van der Waals surface area contributed by atoms with Crippen molar-refractivity contribution in [1.29, 1.82) is 0 Å². The molecule has 6 heteroatoms. The molecule has 4 nitrogen and oxygen atoms in total. The summed E-state index contributed by atoms with van der Waals surface area (Å²) >= 11 is 3.38. The minimum Gasteiger partial charge on any atom is -0.317 e. The Bertz CT molecular complexity index is 1720. The number of thiazole rings is 2. The van der Waals surface area contributed by atoms with Gasteiger partial charge in [0.1, 0.15) is 0 Å². The van der Waals surface area contributed by atoms with E-state index >= 15 is 0 Å². The molecule has 0 saturated heterocycles. The topological polar surface area (TPSA) is 34.6 Å². The minimum atomic E-state index is 0.874. The molecule has 0 fully saturated rings. The summed E-state index contributed by atoms with van der Waals surface area (Å²) in [5, 5.41) is 4.40. The van der Waals surface area contributed by atoms with Crippen LogP contribution < -0.4 is 9.60 Å². The lowest BCUT2D eigenvalue weighted by Gasteiger charge is -2.06. The molecule has 0 aliphatic carbocycles. The Morgan fingerprint density at radius 3 is 1.27 bits per heavy atom. The first-order valence-corrected chi connectivity index (χ1v) is 15.7. The van der Waals surface area contributed by atoms with E-state index in [-0.39, 0.29) is 0 Å². The van der Waals surface area contributed by atoms with Gasteiger partial charge in [0, 0.05) is 23.8 Å². The van der Waals surface area contributed by atoms with Crippen LogP contribution in [0.2, 0.25) is 0 Å². The molecular formula is C35H32N4S2. The first kappa shape index (κ1) is 26.9. The van der Waals surface area contributed by atoms with E-state index in [0.717, 1.165) is 40.5 Å². The quantitative estimate of drug-likeness (QED) is 0.175. The largest absolute Gasteiger partial charge is 0.317 e. The average Bonchev–Trinajstić information content (AvgIpc) is 3.63. The summed E-state index contributed by atoms with van der Waals surface area (Å²) < 4.78 is 4.56. The van der Waals surface area contributed by atoms with E-state index in [4.69, 9.17) is 9.98 Å². The summed E-state index contributed by atoms with van der Waals surface area (Å²) in [6.07, 6.45) is 0.874. The molecule has 0 spiro atoms. The predicted molar refractivity (Wildman–Crippen MR) is 173 cm³/mol. The fraction of sp³-hybridized carbons (Fsp3) is 0.143. The van der Waals surface area contributed by atoms with E-state index < -0.39 is 0 Å². The second-order valence-electron chi connectivity index (χ2n) is 9.76. The van der Waals surface area contributed by atoms with Crippen LogP contribution in [0.5, 0.6) is 0 Å². The highest BCUT2D eigenvalue weighted by Crippen LogP contribution is 2.23. The summed E-state index contributed by atoms with van der Waals surface area (Å²) in [7, 11) is 0. The Balaban J connectivity index is 1.17. The number of hydrogen-bond acceptors (Lipinski definition) is 4. The summed E-state index contributed by atoms with van der Waals surface area (Å²) in [5.41, 5.74) is 9.35. The third-order valence-corrected chi connectivity index (χ3v) is 8.82. The molecule has 0 saturated carbocycles. The van der Waals surface area contributed by atoms with Crippen LogP contribution in [0.15, 0.2) is 130 Å². The Hall–Kier alpha value is -4.26. The molecule has 41 heavy (non-hydrogen) atoms. The maximum Gasteiger partial charge on any atom is 0.190 e. The molecule has 0 bridgehead atoms. The van der Waals surface area contributed by atoms with Gasteiger partial charge in [-0.3, -0.25) is 0 Å². The van der Waals surface area contributed by atoms with Crippen LogP contribution in [0.3, 0.4) is 0 Å². The lowest BCUT2D eigenvalue weighted by molar-refractivity contribution is 0.745. The van der Waals surface area contributed by atoms with Crippen molar-refractivity contribution in [2.24, 2.45) is 9.98 Å². The Kier molecular flexibility index (Phi) is 8.21. The van der Waals surface area contributed by atoms with Crippen molar-refractivity contribution >= 4 is 34.0 Å². The van der Waals surface area contributed by atoms with Gasteiger partial charge >= 0.3 is 0 Å². The van der Waals surface area contributed by atoms with Gasteiger partial charge in [-0.25, -0.2) is 9.98 Å². The minimum absolute atomic E-state index is 0.874. The lowest BCUT2D eigenvalue weighted by atomic mass is 10.0. The van der Waals surface area contributed by atoms with E-state index in [2.05, 4.69) is 143 Å². The molecule has 6 rings (SSSR count). The molecule has 0 aliphatic heterocycles. The van der Waals surface area contributed by atoms with Crippen LogP contribution >= 0.6 is 22.7 Å². The average molecular weight is 573 g/mol. The predicted octanol–water partition coefficient (Wildman–Crippen LogP) is 8.84. The highest BCUT2D eigenvalue weighted by atomic mass is 32.1. The van der Waals surface area contributed by atoms with E-state index in [1.165, 1.54) is 33.6 Å². The molecule has 2 heterocycles. The van der Waals surface area contributed by atoms with Crippen molar-refractivity contribution in [3.05, 3.63) is 141 Å². The third kappa shape index (κ3) is 6.09. The van der Waals surface area contributed by atoms with Crippen LogP contribution in [-0.4, -0.2) is 9.13 Å². The molecule has 0 amide bonds. The highest BCUT2D eigenvalue weighted by molar-refractivity contribution is 7.07.